The zero-order chi connectivity index (χ0) is 18.4. The van der Waals surface area contributed by atoms with Crippen LogP contribution in [0.1, 0.15) is 18.4 Å². The second-order valence-electron chi connectivity index (χ2n) is 6.67. The third kappa shape index (κ3) is 4.63. The Morgan fingerprint density at radius 3 is 2.12 bits per heavy atom. The summed E-state index contributed by atoms with van der Waals surface area (Å²) >= 11 is 0. The molecule has 1 N–H and O–H groups in total. The predicted octanol–water partition coefficient (Wildman–Crippen LogP) is 3.02. The minimum Gasteiger partial charge on any atom is -0.481 e. The van der Waals surface area contributed by atoms with Crippen LogP contribution in [0.3, 0.4) is 0 Å². The van der Waals surface area contributed by atoms with Crippen molar-refractivity contribution in [3.63, 3.8) is 0 Å². The summed E-state index contributed by atoms with van der Waals surface area (Å²) in [7, 11) is 0. The van der Waals surface area contributed by atoms with Crippen LogP contribution in [0.2, 0.25) is 0 Å². The molecule has 0 bridgehead atoms. The van der Waals surface area contributed by atoms with E-state index in [2.05, 4.69) is 17.0 Å². The van der Waals surface area contributed by atoms with Crippen LogP contribution >= 0.6 is 0 Å². The summed E-state index contributed by atoms with van der Waals surface area (Å²) < 4.78 is 0. The molecule has 1 aliphatic rings. The lowest BCUT2D eigenvalue weighted by molar-refractivity contribution is -0.145. The van der Waals surface area contributed by atoms with E-state index in [1.807, 2.05) is 48.5 Å². The molecule has 5 nitrogen and oxygen atoms in total. The van der Waals surface area contributed by atoms with Gasteiger partial charge in [0, 0.05) is 25.3 Å². The Kier molecular flexibility index (Phi) is 5.89. The SMILES string of the molecule is O=C(O)C1CCN(C(=O)CN(Cc2ccccc2)c2ccccc2)CC1. The average molecular weight is 352 g/mol. The molecule has 0 saturated carbocycles. The number of rotatable bonds is 6. The van der Waals surface area contributed by atoms with E-state index in [1.54, 1.807) is 4.90 Å². The van der Waals surface area contributed by atoms with Crippen molar-refractivity contribution in [3.8, 4) is 0 Å². The van der Waals surface area contributed by atoms with E-state index in [4.69, 9.17) is 5.11 Å². The van der Waals surface area contributed by atoms with Crippen LogP contribution in [0, 0.1) is 5.92 Å². The molecule has 0 atom stereocenters. The number of likely N-dealkylation sites (tertiary alicyclic amines) is 1. The maximum atomic E-state index is 12.8. The van der Waals surface area contributed by atoms with Gasteiger partial charge in [0.1, 0.15) is 0 Å². The summed E-state index contributed by atoms with van der Waals surface area (Å²) in [6.45, 7) is 1.98. The third-order valence-electron chi connectivity index (χ3n) is 4.86. The molecule has 0 aliphatic carbocycles. The number of anilines is 1. The molecule has 2 aromatic rings. The van der Waals surface area contributed by atoms with Crippen molar-refractivity contribution >= 4 is 17.6 Å². The molecule has 3 rings (SSSR count). The Balaban J connectivity index is 1.67. The van der Waals surface area contributed by atoms with Crippen molar-refractivity contribution in [1.82, 2.24) is 4.90 Å². The smallest absolute Gasteiger partial charge is 0.306 e. The van der Waals surface area contributed by atoms with E-state index < -0.39 is 5.97 Å². The number of aliphatic carboxylic acids is 1. The van der Waals surface area contributed by atoms with Gasteiger partial charge in [-0.25, -0.2) is 0 Å². The van der Waals surface area contributed by atoms with Crippen molar-refractivity contribution in [1.29, 1.82) is 0 Å². The number of hydrogen-bond acceptors (Lipinski definition) is 3. The molecule has 1 aliphatic heterocycles. The lowest BCUT2D eigenvalue weighted by Gasteiger charge is -2.33. The minimum atomic E-state index is -0.757. The second-order valence-corrected chi connectivity index (χ2v) is 6.67. The first-order chi connectivity index (χ1) is 12.6. The monoisotopic (exact) mass is 352 g/mol. The number of carbonyl (C=O) groups is 2. The van der Waals surface area contributed by atoms with Gasteiger partial charge >= 0.3 is 5.97 Å². The molecule has 1 saturated heterocycles. The first-order valence-corrected chi connectivity index (χ1v) is 8.98. The summed E-state index contributed by atoms with van der Waals surface area (Å²) in [5, 5.41) is 9.11. The van der Waals surface area contributed by atoms with Gasteiger partial charge in [-0.2, -0.15) is 0 Å². The number of carbonyl (C=O) groups excluding carboxylic acids is 1. The van der Waals surface area contributed by atoms with Gasteiger partial charge in [0.2, 0.25) is 5.91 Å². The Morgan fingerprint density at radius 2 is 1.54 bits per heavy atom. The van der Waals surface area contributed by atoms with Crippen molar-refractivity contribution < 1.29 is 14.7 Å². The molecule has 136 valence electrons. The number of amides is 1. The van der Waals surface area contributed by atoms with E-state index in [0.717, 1.165) is 11.3 Å². The second kappa shape index (κ2) is 8.52. The fourth-order valence-electron chi connectivity index (χ4n) is 3.32. The Hall–Kier alpha value is -2.82. The maximum Gasteiger partial charge on any atom is 0.306 e. The van der Waals surface area contributed by atoms with E-state index in [-0.39, 0.29) is 18.4 Å². The Labute approximate surface area is 153 Å². The molecule has 0 radical (unpaired) electrons. The van der Waals surface area contributed by atoms with E-state index in [1.165, 1.54) is 0 Å². The van der Waals surface area contributed by atoms with Crippen molar-refractivity contribution in [2.24, 2.45) is 5.92 Å². The topological polar surface area (TPSA) is 60.9 Å². The lowest BCUT2D eigenvalue weighted by Crippen LogP contribution is -2.45. The molecule has 2 aromatic carbocycles. The number of benzene rings is 2. The molecule has 0 spiro atoms. The highest BCUT2D eigenvalue weighted by atomic mass is 16.4. The van der Waals surface area contributed by atoms with E-state index in [9.17, 15) is 9.59 Å². The number of piperidine rings is 1. The highest BCUT2D eigenvalue weighted by Crippen LogP contribution is 2.20. The average Bonchev–Trinajstić information content (AvgIpc) is 2.69. The molecule has 1 fully saturated rings. The molecule has 1 heterocycles. The van der Waals surface area contributed by atoms with Crippen LogP contribution in [0.4, 0.5) is 5.69 Å². The zero-order valence-electron chi connectivity index (χ0n) is 14.8. The zero-order valence-corrected chi connectivity index (χ0v) is 14.8. The van der Waals surface area contributed by atoms with Crippen molar-refractivity contribution in [2.75, 3.05) is 24.5 Å². The molecular weight excluding hydrogens is 328 g/mol. The van der Waals surface area contributed by atoms with Gasteiger partial charge in [0.25, 0.3) is 0 Å². The summed E-state index contributed by atoms with van der Waals surface area (Å²) in [6.07, 6.45) is 1.07. The highest BCUT2D eigenvalue weighted by molar-refractivity contribution is 5.82. The molecular formula is C21H24N2O3. The number of carboxylic acids is 1. The highest BCUT2D eigenvalue weighted by Gasteiger charge is 2.27. The van der Waals surface area contributed by atoms with Gasteiger partial charge < -0.3 is 14.9 Å². The van der Waals surface area contributed by atoms with Crippen molar-refractivity contribution in [3.05, 3.63) is 66.2 Å². The van der Waals surface area contributed by atoms with Gasteiger partial charge in [-0.15, -0.1) is 0 Å². The van der Waals surface area contributed by atoms with Gasteiger partial charge in [0.05, 0.1) is 12.5 Å². The lowest BCUT2D eigenvalue weighted by atomic mass is 9.97. The summed E-state index contributed by atoms with van der Waals surface area (Å²) in [4.78, 5) is 27.7. The van der Waals surface area contributed by atoms with Gasteiger partial charge in [0.15, 0.2) is 0 Å². The summed E-state index contributed by atoms with van der Waals surface area (Å²) in [5.74, 6) is -1.03. The van der Waals surface area contributed by atoms with Crippen LogP contribution in [0.5, 0.6) is 0 Å². The molecule has 0 unspecified atom stereocenters. The number of para-hydroxylation sites is 1. The van der Waals surface area contributed by atoms with Crippen LogP contribution in [-0.4, -0.2) is 41.5 Å². The number of nitrogens with zero attached hydrogens (tertiary/aromatic N) is 2. The van der Waals surface area contributed by atoms with Gasteiger partial charge in [-0.3, -0.25) is 9.59 Å². The molecule has 26 heavy (non-hydrogen) atoms. The Morgan fingerprint density at radius 1 is 0.962 bits per heavy atom. The Bertz CT molecular complexity index is 725. The summed E-state index contributed by atoms with van der Waals surface area (Å²) in [6, 6.07) is 20.0. The van der Waals surface area contributed by atoms with Gasteiger partial charge in [-0.05, 0) is 30.5 Å². The molecule has 1 amide bonds. The maximum absolute atomic E-state index is 12.8. The van der Waals surface area contributed by atoms with Gasteiger partial charge in [-0.1, -0.05) is 48.5 Å². The molecule has 0 aromatic heterocycles. The van der Waals surface area contributed by atoms with E-state index in [0.29, 0.717) is 32.5 Å². The van der Waals surface area contributed by atoms with Crippen LogP contribution in [0.15, 0.2) is 60.7 Å². The molecule has 5 heteroatoms. The third-order valence-corrected chi connectivity index (χ3v) is 4.86. The quantitative estimate of drug-likeness (QED) is 0.868. The van der Waals surface area contributed by atoms with Crippen LogP contribution < -0.4 is 4.90 Å². The predicted molar refractivity (Wildman–Crippen MR) is 101 cm³/mol. The normalized spacial score (nSPS) is 14.8. The number of carboxylic acid groups (broad SMARTS) is 1. The fourth-order valence-corrected chi connectivity index (χ4v) is 3.32. The first kappa shape index (κ1) is 18.0. The van der Waals surface area contributed by atoms with Crippen molar-refractivity contribution in [2.45, 2.75) is 19.4 Å². The first-order valence-electron chi connectivity index (χ1n) is 8.98. The minimum absolute atomic E-state index is 0.0497. The fraction of sp³-hybridized carbons (Fsp3) is 0.333. The van der Waals surface area contributed by atoms with E-state index >= 15 is 0 Å². The van der Waals surface area contributed by atoms with Crippen LogP contribution in [-0.2, 0) is 16.1 Å². The standard InChI is InChI=1S/C21H24N2O3/c24-20(22-13-11-18(12-14-22)21(25)26)16-23(19-9-5-2-6-10-19)15-17-7-3-1-4-8-17/h1-10,18H,11-16H2,(H,25,26). The largest absolute Gasteiger partial charge is 0.481 e. The number of hydrogen-bond donors (Lipinski definition) is 1. The summed E-state index contributed by atoms with van der Waals surface area (Å²) in [5.41, 5.74) is 2.15. The van der Waals surface area contributed by atoms with Crippen LogP contribution in [0.25, 0.3) is 0 Å².